The number of halogens is 3. The van der Waals surface area contributed by atoms with Gasteiger partial charge in [-0.05, 0) is 99.9 Å². The van der Waals surface area contributed by atoms with Gasteiger partial charge in [0.25, 0.3) is 0 Å². The summed E-state index contributed by atoms with van der Waals surface area (Å²) >= 11 is 11.4. The highest BCUT2D eigenvalue weighted by atomic mass is 79.9. The van der Waals surface area contributed by atoms with Crippen LogP contribution in [0.25, 0.3) is 32.7 Å². The highest BCUT2D eigenvalue weighted by molar-refractivity contribution is 9.11. The maximum absolute atomic E-state index is 3.89. The molecule has 4 aromatic carbocycles. The van der Waals surface area contributed by atoms with Gasteiger partial charge in [0.15, 0.2) is 0 Å². The Morgan fingerprint density at radius 1 is 0.615 bits per heavy atom. The normalized spacial score (nSPS) is 14.7. The number of fused-ring (bicyclic) bond motifs is 5. The maximum Gasteiger partial charge on any atom is 0.0333 e. The van der Waals surface area contributed by atoms with Crippen molar-refractivity contribution in [3.05, 3.63) is 79.1 Å². The van der Waals surface area contributed by atoms with Crippen molar-refractivity contribution in [3.63, 3.8) is 0 Å². The van der Waals surface area contributed by atoms with Crippen LogP contribution in [0.3, 0.4) is 0 Å². The third-order valence-corrected chi connectivity index (χ3v) is 7.85. The van der Waals surface area contributed by atoms with Crippen LogP contribution < -0.4 is 0 Å². The molecule has 0 nitrogen and oxygen atoms in total. The van der Waals surface area contributed by atoms with Crippen molar-refractivity contribution in [2.75, 3.05) is 0 Å². The molecule has 3 heteroatoms. The number of benzene rings is 4. The predicted octanol–water partition coefficient (Wildman–Crippen LogP) is 8.59. The maximum atomic E-state index is 3.89. The van der Waals surface area contributed by atoms with E-state index < -0.39 is 0 Å². The highest BCUT2D eigenvalue weighted by Gasteiger charge is 2.35. The summed E-state index contributed by atoms with van der Waals surface area (Å²) in [5, 5.41) is 4.94. The molecule has 1 aliphatic rings. The molecule has 0 atom stereocenters. The molecule has 0 amide bonds. The molecule has 0 aromatic heterocycles. The Hall–Kier alpha value is -1.16. The molecule has 4 aromatic rings. The first kappa shape index (κ1) is 17.0. The third-order valence-electron chi connectivity index (χ3n) is 5.65. The molecule has 5 rings (SSSR count). The first-order valence-electron chi connectivity index (χ1n) is 8.54. The summed E-state index contributed by atoms with van der Waals surface area (Å²) < 4.78 is 3.40. The largest absolute Gasteiger partial charge is 0.0619 e. The molecule has 0 radical (unpaired) electrons. The van der Waals surface area contributed by atoms with Gasteiger partial charge >= 0.3 is 0 Å². The summed E-state index contributed by atoms with van der Waals surface area (Å²) in [5.41, 5.74) is 5.52. The molecule has 0 fully saturated rings. The minimum absolute atomic E-state index is 0.0146. The van der Waals surface area contributed by atoms with Crippen LogP contribution in [-0.2, 0) is 5.41 Å². The van der Waals surface area contributed by atoms with E-state index in [4.69, 9.17) is 0 Å². The Morgan fingerprint density at radius 2 is 1.27 bits per heavy atom. The molecule has 128 valence electrons. The molecular formula is C23H15Br3. The van der Waals surface area contributed by atoms with Gasteiger partial charge in [-0.1, -0.05) is 60.1 Å². The Labute approximate surface area is 178 Å². The minimum Gasteiger partial charge on any atom is -0.0619 e. The molecule has 0 bridgehead atoms. The van der Waals surface area contributed by atoms with Crippen molar-refractivity contribution in [2.24, 2.45) is 0 Å². The Morgan fingerprint density at radius 3 is 2.08 bits per heavy atom. The molecule has 0 saturated heterocycles. The van der Waals surface area contributed by atoms with Crippen molar-refractivity contribution >= 4 is 69.3 Å². The summed E-state index contributed by atoms with van der Waals surface area (Å²) in [6.45, 7) is 4.65. The lowest BCUT2D eigenvalue weighted by Gasteiger charge is -2.22. The van der Waals surface area contributed by atoms with E-state index in [0.29, 0.717) is 0 Å². The third kappa shape index (κ3) is 2.17. The molecule has 0 N–H and O–H groups in total. The summed E-state index contributed by atoms with van der Waals surface area (Å²) in [4.78, 5) is 0. The second-order valence-electron chi connectivity index (χ2n) is 7.43. The predicted molar refractivity (Wildman–Crippen MR) is 122 cm³/mol. The quantitative estimate of drug-likeness (QED) is 0.200. The fourth-order valence-electron chi connectivity index (χ4n) is 4.29. The fraction of sp³-hybridized carbons (Fsp3) is 0.130. The van der Waals surface area contributed by atoms with Gasteiger partial charge in [0.2, 0.25) is 0 Å². The standard InChI is InChI=1S/C23H15Br3/c1-23(2)19-6-4-3-5-13(19)15-10-17-18(11-20(15)23)21(25)14-8-7-12(24)9-16(14)22(17)26/h3-11H,1-2H3. The van der Waals surface area contributed by atoms with Gasteiger partial charge in [-0.15, -0.1) is 0 Å². The monoisotopic (exact) mass is 528 g/mol. The number of hydrogen-bond donors (Lipinski definition) is 0. The molecule has 0 spiro atoms. The summed E-state index contributed by atoms with van der Waals surface area (Å²) in [6, 6.07) is 20.0. The van der Waals surface area contributed by atoms with Crippen LogP contribution in [0.5, 0.6) is 0 Å². The van der Waals surface area contributed by atoms with E-state index in [2.05, 4.69) is 116 Å². The molecular weight excluding hydrogens is 516 g/mol. The van der Waals surface area contributed by atoms with Crippen molar-refractivity contribution in [2.45, 2.75) is 19.3 Å². The zero-order valence-corrected chi connectivity index (χ0v) is 19.1. The summed E-state index contributed by atoms with van der Waals surface area (Å²) in [6.07, 6.45) is 0. The van der Waals surface area contributed by atoms with Gasteiger partial charge in [-0.3, -0.25) is 0 Å². The summed E-state index contributed by atoms with van der Waals surface area (Å²) in [5.74, 6) is 0. The lowest BCUT2D eigenvalue weighted by atomic mass is 9.82. The van der Waals surface area contributed by atoms with Crippen LogP contribution in [0, 0.1) is 0 Å². The van der Waals surface area contributed by atoms with Crippen molar-refractivity contribution in [3.8, 4) is 11.1 Å². The van der Waals surface area contributed by atoms with Gasteiger partial charge in [0.1, 0.15) is 0 Å². The Kier molecular flexibility index (Phi) is 3.70. The second kappa shape index (κ2) is 5.67. The Bertz CT molecular complexity index is 1240. The van der Waals surface area contributed by atoms with Gasteiger partial charge in [0, 0.05) is 18.8 Å². The zero-order valence-electron chi connectivity index (χ0n) is 14.3. The van der Waals surface area contributed by atoms with Crippen molar-refractivity contribution in [1.82, 2.24) is 0 Å². The minimum atomic E-state index is 0.0146. The summed E-state index contributed by atoms with van der Waals surface area (Å²) in [7, 11) is 0. The smallest absolute Gasteiger partial charge is 0.0333 e. The molecule has 26 heavy (non-hydrogen) atoms. The van der Waals surface area contributed by atoms with Crippen molar-refractivity contribution in [1.29, 1.82) is 0 Å². The lowest BCUT2D eigenvalue weighted by Crippen LogP contribution is -2.14. The fourth-order valence-corrected chi connectivity index (χ4v) is 5.98. The van der Waals surface area contributed by atoms with E-state index in [-0.39, 0.29) is 5.41 Å². The number of rotatable bonds is 0. The van der Waals surface area contributed by atoms with Crippen LogP contribution in [0.1, 0.15) is 25.0 Å². The van der Waals surface area contributed by atoms with Gasteiger partial charge in [0.05, 0.1) is 0 Å². The Balaban J connectivity index is 1.97. The van der Waals surface area contributed by atoms with Gasteiger partial charge in [-0.2, -0.15) is 0 Å². The highest BCUT2D eigenvalue weighted by Crippen LogP contribution is 2.52. The van der Waals surface area contributed by atoms with E-state index in [1.165, 1.54) is 43.8 Å². The lowest BCUT2D eigenvalue weighted by molar-refractivity contribution is 0.661. The van der Waals surface area contributed by atoms with E-state index >= 15 is 0 Å². The van der Waals surface area contributed by atoms with Crippen LogP contribution in [0.2, 0.25) is 0 Å². The van der Waals surface area contributed by atoms with Gasteiger partial charge < -0.3 is 0 Å². The second-order valence-corrected chi connectivity index (χ2v) is 9.93. The topological polar surface area (TPSA) is 0 Å². The number of hydrogen-bond acceptors (Lipinski definition) is 0. The molecule has 0 heterocycles. The van der Waals surface area contributed by atoms with Crippen molar-refractivity contribution < 1.29 is 0 Å². The average molecular weight is 531 g/mol. The van der Waals surface area contributed by atoms with E-state index in [9.17, 15) is 0 Å². The molecule has 0 saturated carbocycles. The van der Waals surface area contributed by atoms with E-state index in [1.54, 1.807) is 0 Å². The van der Waals surface area contributed by atoms with E-state index in [1.807, 2.05) is 0 Å². The van der Waals surface area contributed by atoms with Crippen LogP contribution >= 0.6 is 47.8 Å². The zero-order chi connectivity index (χ0) is 18.2. The van der Waals surface area contributed by atoms with Crippen LogP contribution in [-0.4, -0.2) is 0 Å². The first-order valence-corrected chi connectivity index (χ1v) is 10.9. The van der Waals surface area contributed by atoms with Crippen LogP contribution in [0.15, 0.2) is 68.0 Å². The van der Waals surface area contributed by atoms with Gasteiger partial charge in [-0.25, -0.2) is 0 Å². The average Bonchev–Trinajstić information content (AvgIpc) is 2.86. The van der Waals surface area contributed by atoms with Crippen LogP contribution in [0.4, 0.5) is 0 Å². The first-order chi connectivity index (χ1) is 12.4. The van der Waals surface area contributed by atoms with E-state index in [0.717, 1.165) is 13.4 Å². The molecule has 1 aliphatic carbocycles. The SMILES string of the molecule is CC1(C)c2ccccc2-c2cc3c(Br)c4cc(Br)ccc4c(Br)c3cc21. The molecule has 0 unspecified atom stereocenters. The molecule has 0 aliphatic heterocycles.